The number of nitrogens with two attached hydrogens (primary N) is 1. The summed E-state index contributed by atoms with van der Waals surface area (Å²) >= 11 is 1.29. The van der Waals surface area contributed by atoms with Crippen LogP contribution in [0.2, 0.25) is 0 Å². The van der Waals surface area contributed by atoms with Crippen LogP contribution in [-0.4, -0.2) is 47.6 Å². The van der Waals surface area contributed by atoms with E-state index in [2.05, 4.69) is 10.3 Å². The molecule has 0 aromatic carbocycles. The molecule has 0 aliphatic rings. The molecular formula is C14H26N4O2S. The zero-order valence-corrected chi connectivity index (χ0v) is 14.5. The maximum absolute atomic E-state index is 12.6. The van der Waals surface area contributed by atoms with Gasteiger partial charge in [-0.2, -0.15) is 0 Å². The summed E-state index contributed by atoms with van der Waals surface area (Å²) in [6, 6.07) is -0.00646. The number of nitrogens with zero attached hydrogens (tertiary/aromatic N) is 2. The van der Waals surface area contributed by atoms with Crippen molar-refractivity contribution >= 4 is 28.2 Å². The van der Waals surface area contributed by atoms with Crippen LogP contribution in [0.5, 0.6) is 0 Å². The molecule has 0 saturated heterocycles. The first kappa shape index (κ1) is 17.7. The molecule has 1 atom stereocenters. The van der Waals surface area contributed by atoms with Gasteiger partial charge in [0.05, 0.1) is 12.6 Å². The maximum Gasteiger partial charge on any atom is 0.268 e. The van der Waals surface area contributed by atoms with Crippen molar-refractivity contribution in [2.45, 2.75) is 46.2 Å². The number of carbonyl (C=O) groups excluding carboxylic acids is 1. The number of likely N-dealkylation sites (N-methyl/N-ethyl adjacent to an activating group) is 1. The summed E-state index contributed by atoms with van der Waals surface area (Å²) in [6.07, 6.45) is 0. The molecule has 0 aliphatic heterocycles. The van der Waals surface area contributed by atoms with Crippen molar-refractivity contribution in [3.05, 3.63) is 4.88 Å². The maximum atomic E-state index is 12.6. The summed E-state index contributed by atoms with van der Waals surface area (Å²) in [7, 11) is 1.63. The van der Waals surface area contributed by atoms with Gasteiger partial charge >= 0.3 is 0 Å². The number of rotatable bonds is 6. The molecule has 1 amide bonds. The lowest BCUT2D eigenvalue weighted by molar-refractivity contribution is 0.0584. The second kappa shape index (κ2) is 7.09. The van der Waals surface area contributed by atoms with Crippen molar-refractivity contribution < 1.29 is 9.53 Å². The minimum Gasteiger partial charge on any atom is -0.383 e. The number of amides is 1. The number of hydrogen-bond acceptors (Lipinski definition) is 6. The van der Waals surface area contributed by atoms with Crippen molar-refractivity contribution in [3.63, 3.8) is 0 Å². The third-order valence-electron chi connectivity index (χ3n) is 2.87. The first-order valence-electron chi connectivity index (χ1n) is 7.04. The summed E-state index contributed by atoms with van der Waals surface area (Å²) in [5.41, 5.74) is 5.78. The topological polar surface area (TPSA) is 80.5 Å². The van der Waals surface area contributed by atoms with Gasteiger partial charge in [-0.3, -0.25) is 4.79 Å². The van der Waals surface area contributed by atoms with E-state index in [4.69, 9.17) is 10.5 Å². The van der Waals surface area contributed by atoms with Gasteiger partial charge in [0.1, 0.15) is 10.7 Å². The van der Waals surface area contributed by atoms with E-state index < -0.39 is 0 Å². The third-order valence-corrected chi connectivity index (χ3v) is 3.85. The predicted molar refractivity (Wildman–Crippen MR) is 88.0 cm³/mol. The van der Waals surface area contributed by atoms with Crippen LogP contribution in [0.25, 0.3) is 0 Å². The van der Waals surface area contributed by atoms with Crippen molar-refractivity contribution in [2.75, 3.05) is 31.3 Å². The first-order valence-corrected chi connectivity index (χ1v) is 7.85. The second-order valence-corrected chi connectivity index (χ2v) is 7.00. The second-order valence-electron chi connectivity index (χ2n) is 6.00. The lowest BCUT2D eigenvalue weighted by Gasteiger charge is -2.27. The highest BCUT2D eigenvalue weighted by atomic mass is 32.1. The first-order chi connectivity index (χ1) is 9.69. The molecule has 0 aliphatic carbocycles. The highest BCUT2D eigenvalue weighted by Gasteiger charge is 2.25. The number of aromatic nitrogens is 1. The zero-order chi connectivity index (χ0) is 16.2. The molecular weight excluding hydrogens is 288 g/mol. The number of anilines is 2. The Kier molecular flexibility index (Phi) is 5.98. The highest BCUT2D eigenvalue weighted by Crippen LogP contribution is 2.28. The molecule has 0 radical (unpaired) electrons. The highest BCUT2D eigenvalue weighted by molar-refractivity contribution is 7.18. The Morgan fingerprint density at radius 2 is 2.14 bits per heavy atom. The SMILES string of the molecule is CCN(C(=O)c1sc(NC(C)(C)C)nc1N)C(C)COC. The molecule has 1 rings (SSSR count). The monoisotopic (exact) mass is 314 g/mol. The lowest BCUT2D eigenvalue weighted by Crippen LogP contribution is -2.40. The van der Waals surface area contributed by atoms with Gasteiger partial charge in [0.15, 0.2) is 5.13 Å². The van der Waals surface area contributed by atoms with Crippen molar-refractivity contribution in [1.29, 1.82) is 0 Å². The molecule has 3 N–H and O–H groups in total. The molecule has 0 spiro atoms. The fraction of sp³-hybridized carbons (Fsp3) is 0.714. The van der Waals surface area contributed by atoms with E-state index in [0.717, 1.165) is 0 Å². The van der Waals surface area contributed by atoms with Crippen molar-refractivity contribution in [2.24, 2.45) is 0 Å². The van der Waals surface area contributed by atoms with E-state index in [1.54, 1.807) is 12.0 Å². The van der Waals surface area contributed by atoms with E-state index in [1.165, 1.54) is 11.3 Å². The average molecular weight is 314 g/mol. The van der Waals surface area contributed by atoms with Crippen LogP contribution in [0.3, 0.4) is 0 Å². The van der Waals surface area contributed by atoms with Crippen molar-refractivity contribution in [3.8, 4) is 0 Å². The van der Waals surface area contributed by atoms with E-state index >= 15 is 0 Å². The van der Waals surface area contributed by atoms with Gasteiger partial charge < -0.3 is 20.7 Å². The Labute approximate surface area is 130 Å². The summed E-state index contributed by atoms with van der Waals surface area (Å²) in [5, 5.41) is 3.91. The number of carbonyl (C=O) groups is 1. The van der Waals surface area contributed by atoms with E-state index in [1.807, 2.05) is 34.6 Å². The number of nitrogens with one attached hydrogen (secondary N) is 1. The number of hydrogen-bond donors (Lipinski definition) is 2. The molecule has 6 nitrogen and oxygen atoms in total. The molecule has 0 fully saturated rings. The number of nitrogen functional groups attached to an aromatic ring is 1. The molecule has 120 valence electrons. The van der Waals surface area contributed by atoms with Crippen LogP contribution in [0.1, 0.15) is 44.3 Å². The van der Waals surface area contributed by atoms with Crippen LogP contribution >= 0.6 is 11.3 Å². The van der Waals surface area contributed by atoms with Crippen LogP contribution in [0.4, 0.5) is 10.9 Å². The van der Waals surface area contributed by atoms with Gasteiger partial charge in [0, 0.05) is 19.2 Å². The van der Waals surface area contributed by atoms with E-state index in [0.29, 0.717) is 23.2 Å². The molecule has 0 saturated carbocycles. The summed E-state index contributed by atoms with van der Waals surface area (Å²) in [5.74, 6) is 0.179. The van der Waals surface area contributed by atoms with Gasteiger partial charge in [-0.1, -0.05) is 11.3 Å². The Morgan fingerprint density at radius 1 is 1.52 bits per heavy atom. The van der Waals surface area contributed by atoms with Crippen LogP contribution in [0.15, 0.2) is 0 Å². The van der Waals surface area contributed by atoms with Gasteiger partial charge in [-0.15, -0.1) is 0 Å². The molecule has 1 unspecified atom stereocenters. The smallest absolute Gasteiger partial charge is 0.268 e. The third kappa shape index (κ3) is 4.86. The van der Waals surface area contributed by atoms with Crippen LogP contribution in [0, 0.1) is 0 Å². The minimum absolute atomic E-state index is 0.00646. The van der Waals surface area contributed by atoms with Gasteiger partial charge in [0.25, 0.3) is 5.91 Å². The summed E-state index contributed by atoms with van der Waals surface area (Å²) < 4.78 is 5.12. The Hall–Kier alpha value is -1.34. The van der Waals surface area contributed by atoms with Gasteiger partial charge in [-0.25, -0.2) is 4.98 Å². The standard InChI is InChI=1S/C14H26N4O2S/c1-7-18(9(2)8-20-6)12(19)10-11(15)16-13(21-10)17-14(3,4)5/h9H,7-8,15H2,1-6H3,(H,16,17). The number of thiazole rings is 1. The zero-order valence-electron chi connectivity index (χ0n) is 13.7. The van der Waals surface area contributed by atoms with Gasteiger partial charge in [0.2, 0.25) is 0 Å². The number of methoxy groups -OCH3 is 1. The minimum atomic E-state index is -0.127. The fourth-order valence-electron chi connectivity index (χ4n) is 1.98. The average Bonchev–Trinajstić information content (AvgIpc) is 2.68. The quantitative estimate of drug-likeness (QED) is 0.843. The van der Waals surface area contributed by atoms with Gasteiger partial charge in [-0.05, 0) is 34.6 Å². The molecule has 7 heteroatoms. The number of ether oxygens (including phenoxy) is 1. The Morgan fingerprint density at radius 3 is 2.62 bits per heavy atom. The van der Waals surface area contributed by atoms with Crippen LogP contribution < -0.4 is 11.1 Å². The molecule has 1 heterocycles. The normalized spacial score (nSPS) is 13.0. The summed E-state index contributed by atoms with van der Waals surface area (Å²) in [6.45, 7) is 11.1. The molecule has 21 heavy (non-hydrogen) atoms. The molecule has 1 aromatic rings. The molecule has 1 aromatic heterocycles. The summed E-state index contributed by atoms with van der Waals surface area (Å²) in [4.78, 5) is 19.1. The van der Waals surface area contributed by atoms with Crippen molar-refractivity contribution in [1.82, 2.24) is 9.88 Å². The Balaban J connectivity index is 2.96. The fourth-order valence-corrected chi connectivity index (χ4v) is 3.03. The predicted octanol–water partition coefficient (Wildman–Crippen LogP) is 2.43. The Bertz CT molecular complexity index is 482. The lowest BCUT2D eigenvalue weighted by atomic mass is 10.1. The van der Waals surface area contributed by atoms with E-state index in [-0.39, 0.29) is 23.3 Å². The van der Waals surface area contributed by atoms with Crippen LogP contribution in [-0.2, 0) is 4.74 Å². The molecule has 0 bridgehead atoms. The largest absolute Gasteiger partial charge is 0.383 e. The van der Waals surface area contributed by atoms with E-state index in [9.17, 15) is 4.79 Å².